The van der Waals surface area contributed by atoms with Gasteiger partial charge in [-0.2, -0.15) is 0 Å². The average molecular weight is 317 g/mol. The molecule has 0 radical (unpaired) electrons. The van der Waals surface area contributed by atoms with Crippen LogP contribution in [-0.2, 0) is 16.0 Å². The monoisotopic (exact) mass is 317 g/mol. The lowest BCUT2D eigenvalue weighted by molar-refractivity contribution is -0.149. The van der Waals surface area contributed by atoms with Crippen LogP contribution in [0.4, 0.5) is 0 Å². The van der Waals surface area contributed by atoms with Gasteiger partial charge in [0.15, 0.2) is 0 Å². The fourth-order valence-electron chi connectivity index (χ4n) is 4.07. The lowest BCUT2D eigenvalue weighted by Gasteiger charge is -2.40. The topological polar surface area (TPSA) is 48.0 Å². The lowest BCUT2D eigenvalue weighted by Crippen LogP contribution is -2.54. The highest BCUT2D eigenvalue weighted by Crippen LogP contribution is 2.34. The zero-order valence-electron chi connectivity index (χ0n) is 13.5. The van der Waals surface area contributed by atoms with E-state index in [2.05, 4.69) is 4.90 Å². The van der Waals surface area contributed by atoms with E-state index in [0.717, 1.165) is 42.7 Å². The molecule has 2 fully saturated rings. The number of carbonyl (C=O) groups excluding carboxylic acids is 1. The van der Waals surface area contributed by atoms with Crippen molar-refractivity contribution in [3.8, 4) is 11.5 Å². The SMILES string of the molecule is COc1ccc2c(c1)OC[C@H](C(=O)N1CCO[C@H]3CCC[C@H]31)C2. The van der Waals surface area contributed by atoms with E-state index in [-0.39, 0.29) is 24.0 Å². The number of nitrogens with zero attached hydrogens (tertiary/aromatic N) is 1. The molecule has 124 valence electrons. The number of methoxy groups -OCH3 is 1. The molecule has 1 saturated carbocycles. The molecule has 3 atom stereocenters. The summed E-state index contributed by atoms with van der Waals surface area (Å²) in [5, 5.41) is 0. The van der Waals surface area contributed by atoms with Crippen molar-refractivity contribution >= 4 is 5.91 Å². The van der Waals surface area contributed by atoms with Gasteiger partial charge in [0, 0.05) is 12.6 Å². The Labute approximate surface area is 136 Å². The maximum atomic E-state index is 13.0. The van der Waals surface area contributed by atoms with Gasteiger partial charge in [-0.3, -0.25) is 4.79 Å². The fourth-order valence-corrected chi connectivity index (χ4v) is 4.07. The minimum absolute atomic E-state index is 0.0877. The molecule has 2 aliphatic heterocycles. The molecule has 1 aliphatic carbocycles. The molecule has 1 aromatic carbocycles. The first kappa shape index (κ1) is 14.8. The van der Waals surface area contributed by atoms with Crippen molar-refractivity contribution in [2.75, 3.05) is 26.9 Å². The summed E-state index contributed by atoms with van der Waals surface area (Å²) in [6.07, 6.45) is 4.29. The number of fused-ring (bicyclic) bond motifs is 2. The molecule has 0 bridgehead atoms. The highest BCUT2D eigenvalue weighted by atomic mass is 16.5. The summed E-state index contributed by atoms with van der Waals surface area (Å²) < 4.78 is 16.9. The molecule has 4 rings (SSSR count). The number of amides is 1. The van der Waals surface area contributed by atoms with Crippen molar-refractivity contribution in [1.29, 1.82) is 0 Å². The van der Waals surface area contributed by atoms with Crippen molar-refractivity contribution in [1.82, 2.24) is 4.90 Å². The van der Waals surface area contributed by atoms with Gasteiger partial charge in [0.1, 0.15) is 18.1 Å². The second-order valence-electron chi connectivity index (χ2n) is 6.62. The maximum absolute atomic E-state index is 13.0. The van der Waals surface area contributed by atoms with Crippen LogP contribution in [0.15, 0.2) is 18.2 Å². The van der Waals surface area contributed by atoms with E-state index in [1.165, 1.54) is 0 Å². The van der Waals surface area contributed by atoms with Gasteiger partial charge in [0.25, 0.3) is 0 Å². The Balaban J connectivity index is 1.49. The molecule has 5 nitrogen and oxygen atoms in total. The van der Waals surface area contributed by atoms with Gasteiger partial charge in [0.2, 0.25) is 5.91 Å². The molecule has 0 aromatic heterocycles. The summed E-state index contributed by atoms with van der Waals surface area (Å²) in [6, 6.07) is 6.10. The van der Waals surface area contributed by atoms with E-state index in [4.69, 9.17) is 14.2 Å². The molecule has 1 amide bonds. The van der Waals surface area contributed by atoms with Crippen LogP contribution in [-0.4, -0.2) is 49.8 Å². The molecule has 23 heavy (non-hydrogen) atoms. The Bertz CT molecular complexity index is 603. The van der Waals surface area contributed by atoms with Crippen LogP contribution in [0.25, 0.3) is 0 Å². The molecule has 2 heterocycles. The molecule has 0 N–H and O–H groups in total. The standard InChI is InChI=1S/C18H23NO4/c1-21-14-6-5-12-9-13(11-23-17(12)10-14)18(20)19-7-8-22-16-4-2-3-15(16)19/h5-6,10,13,15-16H,2-4,7-9,11H2,1H3/t13-,15-,16+/m1/s1. The molecular formula is C18H23NO4. The highest BCUT2D eigenvalue weighted by molar-refractivity contribution is 5.80. The van der Waals surface area contributed by atoms with Gasteiger partial charge in [-0.05, 0) is 37.3 Å². The van der Waals surface area contributed by atoms with Gasteiger partial charge >= 0.3 is 0 Å². The lowest BCUT2D eigenvalue weighted by atomic mass is 9.94. The Hall–Kier alpha value is -1.75. The van der Waals surface area contributed by atoms with Crippen molar-refractivity contribution in [3.63, 3.8) is 0 Å². The van der Waals surface area contributed by atoms with Gasteiger partial charge in [-0.15, -0.1) is 0 Å². The van der Waals surface area contributed by atoms with E-state index in [1.807, 2.05) is 18.2 Å². The van der Waals surface area contributed by atoms with Crippen molar-refractivity contribution in [2.24, 2.45) is 5.92 Å². The fraction of sp³-hybridized carbons (Fsp3) is 0.611. The van der Waals surface area contributed by atoms with Crippen LogP contribution < -0.4 is 9.47 Å². The van der Waals surface area contributed by atoms with Crippen LogP contribution >= 0.6 is 0 Å². The van der Waals surface area contributed by atoms with E-state index in [1.54, 1.807) is 7.11 Å². The zero-order valence-corrected chi connectivity index (χ0v) is 13.5. The van der Waals surface area contributed by atoms with Crippen LogP contribution in [0.1, 0.15) is 24.8 Å². The predicted molar refractivity (Wildman–Crippen MR) is 84.8 cm³/mol. The number of carbonyl (C=O) groups is 1. The van der Waals surface area contributed by atoms with E-state index >= 15 is 0 Å². The van der Waals surface area contributed by atoms with Crippen molar-refractivity contribution < 1.29 is 19.0 Å². The van der Waals surface area contributed by atoms with Gasteiger partial charge in [-0.1, -0.05) is 6.07 Å². The third kappa shape index (κ3) is 2.67. The molecule has 3 aliphatic rings. The van der Waals surface area contributed by atoms with Crippen LogP contribution in [0.5, 0.6) is 11.5 Å². The van der Waals surface area contributed by atoms with E-state index < -0.39 is 0 Å². The maximum Gasteiger partial charge on any atom is 0.229 e. The molecule has 5 heteroatoms. The minimum Gasteiger partial charge on any atom is -0.497 e. The zero-order chi connectivity index (χ0) is 15.8. The predicted octanol–water partition coefficient (Wildman–Crippen LogP) is 2.03. The first-order valence-electron chi connectivity index (χ1n) is 8.48. The van der Waals surface area contributed by atoms with Gasteiger partial charge in [-0.25, -0.2) is 0 Å². The summed E-state index contributed by atoms with van der Waals surface area (Å²) in [4.78, 5) is 15.1. The number of benzene rings is 1. The summed E-state index contributed by atoms with van der Waals surface area (Å²) in [5.74, 6) is 1.77. The van der Waals surface area contributed by atoms with Crippen LogP contribution in [0.3, 0.4) is 0 Å². The third-order valence-corrected chi connectivity index (χ3v) is 5.30. The van der Waals surface area contributed by atoms with Crippen LogP contribution in [0, 0.1) is 5.92 Å². The molecule has 0 unspecified atom stereocenters. The van der Waals surface area contributed by atoms with Crippen molar-refractivity contribution in [3.05, 3.63) is 23.8 Å². The minimum atomic E-state index is -0.0877. The Kier molecular flexibility index (Phi) is 3.89. The largest absolute Gasteiger partial charge is 0.497 e. The normalized spacial score (nSPS) is 29.4. The summed E-state index contributed by atoms with van der Waals surface area (Å²) >= 11 is 0. The number of rotatable bonds is 2. The molecule has 1 saturated heterocycles. The Morgan fingerprint density at radius 2 is 2.26 bits per heavy atom. The van der Waals surface area contributed by atoms with E-state index in [9.17, 15) is 4.79 Å². The first-order valence-corrected chi connectivity index (χ1v) is 8.48. The molecular weight excluding hydrogens is 294 g/mol. The summed E-state index contributed by atoms with van der Waals surface area (Å²) in [6.45, 7) is 1.83. The third-order valence-electron chi connectivity index (χ3n) is 5.30. The number of hydrogen-bond donors (Lipinski definition) is 0. The smallest absolute Gasteiger partial charge is 0.229 e. The summed E-state index contributed by atoms with van der Waals surface area (Å²) in [7, 11) is 1.65. The number of ether oxygens (including phenoxy) is 3. The second-order valence-corrected chi connectivity index (χ2v) is 6.62. The van der Waals surface area contributed by atoms with Crippen LogP contribution in [0.2, 0.25) is 0 Å². The van der Waals surface area contributed by atoms with Gasteiger partial charge in [0.05, 0.1) is 31.8 Å². The highest BCUT2D eigenvalue weighted by Gasteiger charge is 2.41. The first-order chi connectivity index (χ1) is 11.3. The quantitative estimate of drug-likeness (QED) is 0.837. The summed E-state index contributed by atoms with van der Waals surface area (Å²) in [5.41, 5.74) is 1.09. The van der Waals surface area contributed by atoms with Crippen molar-refractivity contribution in [2.45, 2.75) is 37.8 Å². The Morgan fingerprint density at radius 1 is 1.35 bits per heavy atom. The molecule has 0 spiro atoms. The second kappa shape index (κ2) is 6.04. The average Bonchev–Trinajstić information content (AvgIpc) is 3.08. The molecule has 1 aromatic rings. The van der Waals surface area contributed by atoms with Gasteiger partial charge < -0.3 is 19.1 Å². The Morgan fingerprint density at radius 3 is 3.13 bits per heavy atom. The van der Waals surface area contributed by atoms with E-state index in [0.29, 0.717) is 19.8 Å². The number of morpholine rings is 1. The number of hydrogen-bond acceptors (Lipinski definition) is 4.